The lowest BCUT2D eigenvalue weighted by atomic mass is 10.3. The highest BCUT2D eigenvalue weighted by Crippen LogP contribution is 2.34. The first-order valence-corrected chi connectivity index (χ1v) is 9.11. The molecule has 26 heavy (non-hydrogen) atoms. The maximum absolute atomic E-state index is 13.3. The zero-order valence-corrected chi connectivity index (χ0v) is 14.5. The second-order valence-corrected chi connectivity index (χ2v) is 8.17. The molecular formula is C15H9F2NO6S2. The lowest BCUT2D eigenvalue weighted by molar-refractivity contribution is 0.0692. The van der Waals surface area contributed by atoms with E-state index >= 15 is 0 Å². The summed E-state index contributed by atoms with van der Waals surface area (Å²) in [6, 6.07) is 4.18. The maximum Gasteiger partial charge on any atom is 0.351 e. The van der Waals surface area contributed by atoms with Crippen LogP contribution < -0.4 is 9.93 Å². The molecule has 1 N–H and O–H groups in total. The van der Waals surface area contributed by atoms with Crippen molar-refractivity contribution in [3.05, 3.63) is 57.9 Å². The Balaban J connectivity index is 2.10. The van der Waals surface area contributed by atoms with Crippen LogP contribution in [0.3, 0.4) is 0 Å². The Hall–Kier alpha value is -2.79. The van der Waals surface area contributed by atoms with Gasteiger partial charge in [0.2, 0.25) is 0 Å². The molecule has 1 aromatic carbocycles. The summed E-state index contributed by atoms with van der Waals surface area (Å²) in [4.78, 5) is 22.0. The molecule has 136 valence electrons. The van der Waals surface area contributed by atoms with E-state index in [-0.39, 0.29) is 15.3 Å². The van der Waals surface area contributed by atoms with Crippen molar-refractivity contribution in [3.63, 3.8) is 0 Å². The Bertz CT molecular complexity index is 1180. The number of rotatable bonds is 4. The summed E-state index contributed by atoms with van der Waals surface area (Å²) in [7, 11) is -3.14. The van der Waals surface area contributed by atoms with Crippen LogP contribution in [-0.2, 0) is 10.0 Å². The summed E-state index contributed by atoms with van der Waals surface area (Å²) in [5, 5.41) is 9.00. The summed E-state index contributed by atoms with van der Waals surface area (Å²) in [6.07, 6.45) is 0. The standard InChI is InChI=1S/C15H9F2NO6S2/c1-18(26(22,23)9-3-7(16)2-8(17)4-9)13-6-11-12(25-13)5-10(14(19)20)15(21)24-11/h2-6H,1H3,(H,19,20). The molecule has 0 saturated heterocycles. The van der Waals surface area contributed by atoms with Gasteiger partial charge < -0.3 is 9.52 Å². The summed E-state index contributed by atoms with van der Waals surface area (Å²) in [5.41, 5.74) is -1.68. The third-order valence-corrected chi connectivity index (χ3v) is 6.45. The van der Waals surface area contributed by atoms with Gasteiger partial charge in [0.25, 0.3) is 10.0 Å². The monoisotopic (exact) mass is 401 g/mol. The van der Waals surface area contributed by atoms with Crippen LogP contribution in [0.15, 0.2) is 44.4 Å². The Morgan fingerprint density at radius 2 is 1.77 bits per heavy atom. The molecule has 0 aliphatic heterocycles. The van der Waals surface area contributed by atoms with Crippen molar-refractivity contribution in [1.29, 1.82) is 0 Å². The number of hydrogen-bond acceptors (Lipinski definition) is 6. The van der Waals surface area contributed by atoms with E-state index in [4.69, 9.17) is 9.52 Å². The zero-order chi connectivity index (χ0) is 19.2. The van der Waals surface area contributed by atoms with Crippen molar-refractivity contribution in [3.8, 4) is 0 Å². The van der Waals surface area contributed by atoms with Gasteiger partial charge >= 0.3 is 11.6 Å². The van der Waals surface area contributed by atoms with Crippen LogP contribution in [0.1, 0.15) is 10.4 Å². The third-order valence-electron chi connectivity index (χ3n) is 3.45. The van der Waals surface area contributed by atoms with E-state index in [2.05, 4.69) is 0 Å². The molecule has 0 atom stereocenters. The number of benzene rings is 1. The number of sulfonamides is 1. The van der Waals surface area contributed by atoms with Gasteiger partial charge in [-0.1, -0.05) is 0 Å². The van der Waals surface area contributed by atoms with Crippen LogP contribution in [-0.4, -0.2) is 26.5 Å². The van der Waals surface area contributed by atoms with Crippen molar-refractivity contribution in [2.45, 2.75) is 4.90 Å². The summed E-state index contributed by atoms with van der Waals surface area (Å²) in [6.45, 7) is 0. The van der Waals surface area contributed by atoms with E-state index in [1.54, 1.807) is 0 Å². The molecule has 2 aromatic heterocycles. The average molecular weight is 401 g/mol. The van der Waals surface area contributed by atoms with E-state index in [1.807, 2.05) is 0 Å². The van der Waals surface area contributed by atoms with E-state index in [1.165, 1.54) is 6.07 Å². The molecule has 0 aliphatic carbocycles. The number of carbonyl (C=O) groups is 1. The van der Waals surface area contributed by atoms with Crippen LogP contribution in [0.2, 0.25) is 0 Å². The van der Waals surface area contributed by atoms with E-state index in [0.717, 1.165) is 28.8 Å². The van der Waals surface area contributed by atoms with Gasteiger partial charge in [0.1, 0.15) is 22.2 Å². The molecule has 3 aromatic rings. The molecule has 7 nitrogen and oxygen atoms in total. The Kier molecular flexibility index (Phi) is 4.28. The predicted octanol–water partition coefficient (Wildman–Crippen LogP) is 2.66. The van der Waals surface area contributed by atoms with Crippen LogP contribution in [0, 0.1) is 11.6 Å². The predicted molar refractivity (Wildman–Crippen MR) is 89.3 cm³/mol. The van der Waals surface area contributed by atoms with Gasteiger partial charge in [0.15, 0.2) is 5.58 Å². The number of aromatic carboxylic acids is 1. The van der Waals surface area contributed by atoms with E-state index < -0.39 is 43.7 Å². The number of anilines is 1. The normalized spacial score (nSPS) is 11.7. The Morgan fingerprint density at radius 1 is 1.15 bits per heavy atom. The third kappa shape index (κ3) is 3.06. The second kappa shape index (κ2) is 6.18. The minimum atomic E-state index is -4.29. The highest BCUT2D eigenvalue weighted by atomic mass is 32.2. The molecule has 0 amide bonds. The highest BCUT2D eigenvalue weighted by Gasteiger charge is 2.25. The zero-order valence-electron chi connectivity index (χ0n) is 12.9. The number of carboxylic acids is 1. The van der Waals surface area contributed by atoms with Crippen LogP contribution in [0.5, 0.6) is 0 Å². The number of carboxylic acid groups (broad SMARTS) is 1. The highest BCUT2D eigenvalue weighted by molar-refractivity contribution is 7.93. The SMILES string of the molecule is CN(c1cc2oc(=O)c(C(=O)O)cc2s1)S(=O)(=O)c1cc(F)cc(F)c1. The molecule has 2 heterocycles. The van der Waals surface area contributed by atoms with Gasteiger partial charge in [-0.3, -0.25) is 4.31 Å². The fraction of sp³-hybridized carbons (Fsp3) is 0.0667. The Labute approximate surface area is 148 Å². The first-order valence-electron chi connectivity index (χ1n) is 6.85. The number of hydrogen-bond donors (Lipinski definition) is 1. The van der Waals surface area contributed by atoms with Gasteiger partial charge in [-0.15, -0.1) is 11.3 Å². The molecule has 3 rings (SSSR count). The smallest absolute Gasteiger partial charge is 0.351 e. The van der Waals surface area contributed by atoms with Crippen molar-refractivity contribution in [1.82, 2.24) is 0 Å². The van der Waals surface area contributed by atoms with Crippen molar-refractivity contribution < 1.29 is 31.5 Å². The first kappa shape index (κ1) is 18.0. The Morgan fingerprint density at radius 3 is 2.35 bits per heavy atom. The number of thiophene rings is 1. The summed E-state index contributed by atoms with van der Waals surface area (Å²) in [5.74, 6) is -3.58. The summed E-state index contributed by atoms with van der Waals surface area (Å²) < 4.78 is 57.7. The van der Waals surface area contributed by atoms with Gasteiger partial charge in [-0.2, -0.15) is 0 Å². The van der Waals surface area contributed by atoms with Gasteiger partial charge in [0.05, 0.1) is 9.60 Å². The van der Waals surface area contributed by atoms with E-state index in [0.29, 0.717) is 18.2 Å². The first-order chi connectivity index (χ1) is 12.1. The molecule has 0 bridgehead atoms. The van der Waals surface area contributed by atoms with Gasteiger partial charge in [0, 0.05) is 19.2 Å². The average Bonchev–Trinajstić information content (AvgIpc) is 2.94. The minimum Gasteiger partial charge on any atom is -0.477 e. The maximum atomic E-state index is 13.3. The minimum absolute atomic E-state index is 0.00697. The molecule has 0 saturated carbocycles. The fourth-order valence-corrected chi connectivity index (χ4v) is 4.59. The molecule has 0 fully saturated rings. The van der Waals surface area contributed by atoms with Crippen LogP contribution in [0.4, 0.5) is 13.8 Å². The molecule has 0 spiro atoms. The van der Waals surface area contributed by atoms with Crippen molar-refractivity contribution in [2.75, 3.05) is 11.4 Å². The molecule has 11 heteroatoms. The molecule has 0 unspecified atom stereocenters. The lowest BCUT2D eigenvalue weighted by Gasteiger charge is -2.17. The quantitative estimate of drug-likeness (QED) is 0.721. The second-order valence-electron chi connectivity index (χ2n) is 5.14. The number of nitrogens with zero attached hydrogens (tertiary/aromatic N) is 1. The number of fused-ring (bicyclic) bond motifs is 1. The molecule has 0 aliphatic rings. The summed E-state index contributed by atoms with van der Waals surface area (Å²) >= 11 is 0.839. The largest absolute Gasteiger partial charge is 0.477 e. The van der Waals surface area contributed by atoms with Crippen LogP contribution in [0.25, 0.3) is 10.3 Å². The van der Waals surface area contributed by atoms with E-state index in [9.17, 15) is 26.8 Å². The topological polar surface area (TPSA) is 105 Å². The van der Waals surface area contributed by atoms with Crippen molar-refractivity contribution in [2.24, 2.45) is 0 Å². The fourth-order valence-electron chi connectivity index (χ4n) is 2.16. The number of halogens is 2. The van der Waals surface area contributed by atoms with Crippen molar-refractivity contribution >= 4 is 42.6 Å². The van der Waals surface area contributed by atoms with Gasteiger partial charge in [-0.05, 0) is 18.2 Å². The lowest BCUT2D eigenvalue weighted by Crippen LogP contribution is -2.25. The molecule has 0 radical (unpaired) electrons. The van der Waals surface area contributed by atoms with Crippen LogP contribution >= 0.6 is 11.3 Å². The molecular weight excluding hydrogens is 392 g/mol. The van der Waals surface area contributed by atoms with Gasteiger partial charge in [-0.25, -0.2) is 26.8 Å².